The maximum atomic E-state index is 13.6. The van der Waals surface area contributed by atoms with Crippen LogP contribution >= 0.6 is 22.7 Å². The number of nitrogens with two attached hydrogens (primary N) is 1. The standard InChI is InChI=1S/C26H18FN3O3S2/c27-16-6-4-15(5-7-16)17-11-18(21-2-1-9-34-21)30-26-22(17)23(28)24(35-26)25(31)29-12-14-3-8-19-20(10-14)33-13-32-19/h1-11H,12-13,28H2,(H,29,31). The van der Waals surface area contributed by atoms with Crippen molar-refractivity contribution in [3.8, 4) is 33.2 Å². The average molecular weight is 504 g/mol. The number of nitrogens with one attached hydrogen (secondary N) is 1. The zero-order valence-corrected chi connectivity index (χ0v) is 19.8. The first-order valence-electron chi connectivity index (χ1n) is 10.8. The van der Waals surface area contributed by atoms with Crippen LogP contribution in [0.15, 0.2) is 66.0 Å². The molecule has 174 valence electrons. The fraction of sp³-hybridized carbons (Fsp3) is 0.0769. The average Bonchev–Trinajstić information content (AvgIpc) is 3.63. The highest BCUT2D eigenvalue weighted by Gasteiger charge is 2.22. The summed E-state index contributed by atoms with van der Waals surface area (Å²) in [5.41, 5.74) is 10.1. The van der Waals surface area contributed by atoms with Gasteiger partial charge in [-0.1, -0.05) is 24.3 Å². The molecule has 5 aromatic rings. The van der Waals surface area contributed by atoms with Crippen LogP contribution in [0, 0.1) is 5.82 Å². The molecule has 3 N–H and O–H groups in total. The van der Waals surface area contributed by atoms with Crippen LogP contribution < -0.4 is 20.5 Å². The maximum absolute atomic E-state index is 13.6. The van der Waals surface area contributed by atoms with Gasteiger partial charge in [0.05, 0.1) is 16.3 Å². The normalized spacial score (nSPS) is 12.3. The zero-order chi connectivity index (χ0) is 23.9. The van der Waals surface area contributed by atoms with E-state index in [9.17, 15) is 9.18 Å². The van der Waals surface area contributed by atoms with Crippen LogP contribution in [0.2, 0.25) is 0 Å². The van der Waals surface area contributed by atoms with E-state index >= 15 is 0 Å². The van der Waals surface area contributed by atoms with E-state index < -0.39 is 0 Å². The molecule has 6 nitrogen and oxygen atoms in total. The van der Waals surface area contributed by atoms with E-state index in [1.807, 2.05) is 41.8 Å². The van der Waals surface area contributed by atoms with Crippen LogP contribution in [0.5, 0.6) is 11.5 Å². The number of carbonyl (C=O) groups is 1. The number of fused-ring (bicyclic) bond motifs is 2. The number of nitrogens with zero attached hydrogens (tertiary/aromatic N) is 1. The van der Waals surface area contributed by atoms with Crippen molar-refractivity contribution in [2.75, 3.05) is 12.5 Å². The predicted octanol–water partition coefficient (Wildman–Crippen LogP) is 6.07. The van der Waals surface area contributed by atoms with Crippen molar-refractivity contribution in [2.24, 2.45) is 0 Å². The molecular formula is C26H18FN3O3S2. The monoisotopic (exact) mass is 503 g/mol. The van der Waals surface area contributed by atoms with Gasteiger partial charge in [-0.05, 0) is 58.5 Å². The van der Waals surface area contributed by atoms with Crippen molar-refractivity contribution in [1.82, 2.24) is 10.3 Å². The summed E-state index contributed by atoms with van der Waals surface area (Å²) >= 11 is 2.82. The van der Waals surface area contributed by atoms with Gasteiger partial charge in [-0.3, -0.25) is 4.79 Å². The van der Waals surface area contributed by atoms with Crippen molar-refractivity contribution in [1.29, 1.82) is 0 Å². The number of halogens is 1. The molecule has 0 saturated carbocycles. The Labute approximate surface area is 207 Å². The number of hydrogen-bond acceptors (Lipinski definition) is 7. The second-order valence-electron chi connectivity index (χ2n) is 7.93. The molecule has 6 rings (SSSR count). The molecule has 1 aliphatic heterocycles. The number of pyridine rings is 1. The van der Waals surface area contributed by atoms with Crippen LogP contribution in [0.4, 0.5) is 10.1 Å². The minimum Gasteiger partial charge on any atom is -0.454 e. The molecule has 2 aromatic carbocycles. The summed E-state index contributed by atoms with van der Waals surface area (Å²) in [6.45, 7) is 0.502. The number of amides is 1. The summed E-state index contributed by atoms with van der Waals surface area (Å²) in [5.74, 6) is 0.743. The van der Waals surface area contributed by atoms with Gasteiger partial charge in [0, 0.05) is 11.9 Å². The molecule has 0 spiro atoms. The number of anilines is 1. The first-order chi connectivity index (χ1) is 17.1. The van der Waals surface area contributed by atoms with Gasteiger partial charge in [-0.15, -0.1) is 22.7 Å². The number of benzene rings is 2. The zero-order valence-electron chi connectivity index (χ0n) is 18.2. The highest BCUT2D eigenvalue weighted by atomic mass is 32.1. The van der Waals surface area contributed by atoms with Gasteiger partial charge in [-0.25, -0.2) is 9.37 Å². The molecule has 0 atom stereocenters. The number of aromatic nitrogens is 1. The largest absolute Gasteiger partial charge is 0.454 e. The SMILES string of the molecule is Nc1c(C(=O)NCc2ccc3c(c2)OCO3)sc2nc(-c3cccs3)cc(-c3ccc(F)cc3)c12. The lowest BCUT2D eigenvalue weighted by Crippen LogP contribution is -2.22. The molecule has 0 unspecified atom stereocenters. The van der Waals surface area contributed by atoms with E-state index in [2.05, 4.69) is 5.32 Å². The molecule has 0 radical (unpaired) electrons. The molecule has 0 saturated heterocycles. The molecule has 0 fully saturated rings. The minimum atomic E-state index is -0.320. The second-order valence-corrected chi connectivity index (χ2v) is 9.88. The topological polar surface area (TPSA) is 86.5 Å². The molecule has 9 heteroatoms. The van der Waals surface area contributed by atoms with E-state index in [1.54, 1.807) is 23.5 Å². The van der Waals surface area contributed by atoms with Crippen molar-refractivity contribution in [3.05, 3.63) is 82.3 Å². The van der Waals surface area contributed by atoms with Crippen molar-refractivity contribution < 1.29 is 18.7 Å². The third-order valence-electron chi connectivity index (χ3n) is 5.72. The summed E-state index contributed by atoms with van der Waals surface area (Å²) in [4.78, 5) is 20.0. The van der Waals surface area contributed by atoms with Gasteiger partial charge < -0.3 is 20.5 Å². The number of nitrogen functional groups attached to an aromatic ring is 1. The van der Waals surface area contributed by atoms with E-state index in [0.29, 0.717) is 38.8 Å². The Morgan fingerprint density at radius 3 is 2.71 bits per heavy atom. The summed E-state index contributed by atoms with van der Waals surface area (Å²) in [7, 11) is 0. The Bertz CT molecular complexity index is 1560. The Hall–Kier alpha value is -3.95. The van der Waals surface area contributed by atoms with Crippen molar-refractivity contribution in [3.63, 3.8) is 0 Å². The van der Waals surface area contributed by atoms with E-state index in [1.165, 1.54) is 23.5 Å². The number of thiophene rings is 2. The smallest absolute Gasteiger partial charge is 0.263 e. The predicted molar refractivity (Wildman–Crippen MR) is 136 cm³/mol. The molecule has 0 aliphatic carbocycles. The third-order valence-corrected chi connectivity index (χ3v) is 7.71. The molecule has 3 aromatic heterocycles. The Balaban J connectivity index is 1.38. The highest BCUT2D eigenvalue weighted by Crippen LogP contribution is 2.42. The molecule has 4 heterocycles. The summed E-state index contributed by atoms with van der Waals surface area (Å²) in [6.07, 6.45) is 0. The lowest BCUT2D eigenvalue weighted by molar-refractivity contribution is 0.0955. The van der Waals surface area contributed by atoms with Crippen LogP contribution in [0.1, 0.15) is 15.2 Å². The van der Waals surface area contributed by atoms with Crippen LogP contribution in [-0.4, -0.2) is 17.7 Å². The number of rotatable bonds is 5. The molecule has 35 heavy (non-hydrogen) atoms. The fourth-order valence-electron chi connectivity index (χ4n) is 4.01. The van der Waals surface area contributed by atoms with Crippen LogP contribution in [-0.2, 0) is 6.54 Å². The van der Waals surface area contributed by atoms with Gasteiger partial charge in [0.25, 0.3) is 5.91 Å². The Kier molecular flexibility index (Phi) is 5.35. The number of ether oxygens (including phenoxy) is 2. The Morgan fingerprint density at radius 2 is 1.91 bits per heavy atom. The first kappa shape index (κ1) is 21.6. The van der Waals surface area contributed by atoms with Gasteiger partial charge >= 0.3 is 0 Å². The van der Waals surface area contributed by atoms with E-state index in [-0.39, 0.29) is 18.5 Å². The lowest BCUT2D eigenvalue weighted by Gasteiger charge is -2.08. The van der Waals surface area contributed by atoms with Crippen molar-refractivity contribution >= 4 is 44.5 Å². The third kappa shape index (κ3) is 3.98. The number of carbonyl (C=O) groups excluding carboxylic acids is 1. The lowest BCUT2D eigenvalue weighted by atomic mass is 10.0. The van der Waals surface area contributed by atoms with Gasteiger partial charge in [0.15, 0.2) is 11.5 Å². The van der Waals surface area contributed by atoms with Gasteiger partial charge in [-0.2, -0.15) is 0 Å². The first-order valence-corrected chi connectivity index (χ1v) is 12.5. The molecule has 1 amide bonds. The second kappa shape index (κ2) is 8.68. The summed E-state index contributed by atoms with van der Waals surface area (Å²) in [6, 6.07) is 17.7. The van der Waals surface area contributed by atoms with Crippen LogP contribution in [0.25, 0.3) is 31.9 Å². The molecule has 0 bridgehead atoms. The van der Waals surface area contributed by atoms with Gasteiger partial charge in [0.2, 0.25) is 6.79 Å². The minimum absolute atomic E-state index is 0.195. The van der Waals surface area contributed by atoms with Crippen LogP contribution in [0.3, 0.4) is 0 Å². The maximum Gasteiger partial charge on any atom is 0.263 e. The highest BCUT2D eigenvalue weighted by molar-refractivity contribution is 7.21. The summed E-state index contributed by atoms with van der Waals surface area (Å²) < 4.78 is 24.4. The van der Waals surface area contributed by atoms with E-state index in [4.69, 9.17) is 20.2 Å². The Morgan fingerprint density at radius 1 is 1.09 bits per heavy atom. The number of hydrogen-bond donors (Lipinski definition) is 2. The van der Waals surface area contributed by atoms with Crippen molar-refractivity contribution in [2.45, 2.75) is 6.54 Å². The summed E-state index contributed by atoms with van der Waals surface area (Å²) in [5, 5.41) is 5.61. The molecule has 1 aliphatic rings. The fourth-order valence-corrected chi connectivity index (χ4v) is 5.73. The quantitative estimate of drug-likeness (QED) is 0.304. The van der Waals surface area contributed by atoms with Gasteiger partial charge in [0.1, 0.15) is 15.5 Å². The van der Waals surface area contributed by atoms with E-state index in [0.717, 1.165) is 27.3 Å². The molecular weight excluding hydrogens is 485 g/mol.